The molecule has 3 N–H and O–H groups in total. The SMILES string of the molecule is Cc1cc(CNCC(C)C)cc(C)c1OCC(C)C(N)=O. The summed E-state index contributed by atoms with van der Waals surface area (Å²) in [6.45, 7) is 12.4. The van der Waals surface area contributed by atoms with E-state index >= 15 is 0 Å². The molecule has 0 radical (unpaired) electrons. The lowest BCUT2D eigenvalue weighted by Gasteiger charge is -2.16. The minimum absolute atomic E-state index is 0.281. The molecule has 1 rings (SSSR count). The minimum Gasteiger partial charge on any atom is -0.492 e. The van der Waals surface area contributed by atoms with Gasteiger partial charge in [-0.05, 0) is 43.0 Å². The van der Waals surface area contributed by atoms with E-state index in [-0.39, 0.29) is 11.8 Å². The van der Waals surface area contributed by atoms with Crippen molar-refractivity contribution in [1.82, 2.24) is 5.32 Å². The molecule has 4 nitrogen and oxygen atoms in total. The Morgan fingerprint density at radius 3 is 2.29 bits per heavy atom. The highest BCUT2D eigenvalue weighted by Gasteiger charge is 2.12. The van der Waals surface area contributed by atoms with Crippen LogP contribution in [-0.2, 0) is 11.3 Å². The van der Waals surface area contributed by atoms with Crippen LogP contribution in [-0.4, -0.2) is 19.1 Å². The first-order valence-electron chi connectivity index (χ1n) is 7.54. The molecule has 1 atom stereocenters. The second-order valence-corrected chi connectivity index (χ2v) is 6.20. The van der Waals surface area contributed by atoms with Crippen molar-refractivity contribution in [2.75, 3.05) is 13.2 Å². The van der Waals surface area contributed by atoms with Crippen LogP contribution >= 0.6 is 0 Å². The van der Waals surface area contributed by atoms with Gasteiger partial charge in [0.15, 0.2) is 0 Å². The first-order chi connectivity index (χ1) is 9.81. The van der Waals surface area contributed by atoms with Gasteiger partial charge in [0.25, 0.3) is 0 Å². The molecule has 0 heterocycles. The quantitative estimate of drug-likeness (QED) is 0.774. The number of amides is 1. The molecule has 0 fully saturated rings. The van der Waals surface area contributed by atoms with Gasteiger partial charge in [-0.15, -0.1) is 0 Å². The predicted octanol–water partition coefficient (Wildman–Crippen LogP) is 2.55. The number of ether oxygens (including phenoxy) is 1. The molecule has 0 spiro atoms. The van der Waals surface area contributed by atoms with E-state index in [2.05, 4.69) is 31.3 Å². The Balaban J connectivity index is 2.69. The van der Waals surface area contributed by atoms with Gasteiger partial charge in [-0.1, -0.05) is 32.9 Å². The molecule has 0 bridgehead atoms. The van der Waals surface area contributed by atoms with Crippen LogP contribution in [0.2, 0.25) is 0 Å². The van der Waals surface area contributed by atoms with Crippen molar-refractivity contribution in [3.05, 3.63) is 28.8 Å². The van der Waals surface area contributed by atoms with Gasteiger partial charge in [0, 0.05) is 6.54 Å². The highest BCUT2D eigenvalue weighted by Crippen LogP contribution is 2.25. The van der Waals surface area contributed by atoms with Crippen LogP contribution < -0.4 is 15.8 Å². The summed E-state index contributed by atoms with van der Waals surface area (Å²) in [5.74, 6) is 0.886. The molecular weight excluding hydrogens is 264 g/mol. The molecule has 1 aromatic rings. The number of benzene rings is 1. The first-order valence-corrected chi connectivity index (χ1v) is 7.54. The molecule has 118 valence electrons. The molecule has 1 unspecified atom stereocenters. The normalized spacial score (nSPS) is 12.5. The lowest BCUT2D eigenvalue weighted by Crippen LogP contribution is -2.26. The van der Waals surface area contributed by atoms with Crippen LogP contribution in [0.1, 0.15) is 37.5 Å². The molecule has 4 heteroatoms. The summed E-state index contributed by atoms with van der Waals surface area (Å²) in [6.07, 6.45) is 0. The van der Waals surface area contributed by atoms with Gasteiger partial charge in [-0.3, -0.25) is 4.79 Å². The Morgan fingerprint density at radius 1 is 1.24 bits per heavy atom. The average Bonchev–Trinajstić information content (AvgIpc) is 2.36. The van der Waals surface area contributed by atoms with E-state index in [9.17, 15) is 4.79 Å². The van der Waals surface area contributed by atoms with Gasteiger partial charge >= 0.3 is 0 Å². The Kier molecular flexibility index (Phi) is 6.69. The number of aryl methyl sites for hydroxylation is 2. The summed E-state index contributed by atoms with van der Waals surface area (Å²) < 4.78 is 5.77. The topological polar surface area (TPSA) is 64.3 Å². The predicted molar refractivity (Wildman–Crippen MR) is 86.3 cm³/mol. The Labute approximate surface area is 128 Å². The summed E-state index contributed by atoms with van der Waals surface area (Å²) in [5, 5.41) is 3.44. The standard InChI is InChI=1S/C17H28N2O2/c1-11(2)8-19-9-15-6-12(3)16(13(4)7-15)21-10-14(5)17(18)20/h6-7,11,14,19H,8-10H2,1-5H3,(H2,18,20). The molecule has 1 amide bonds. The Bertz CT molecular complexity index is 461. The summed E-state index contributed by atoms with van der Waals surface area (Å²) in [4.78, 5) is 11.1. The van der Waals surface area contributed by atoms with E-state index in [0.29, 0.717) is 12.5 Å². The van der Waals surface area contributed by atoms with E-state index in [1.807, 2.05) is 13.8 Å². The molecule has 0 saturated carbocycles. The maximum absolute atomic E-state index is 11.1. The van der Waals surface area contributed by atoms with Crippen molar-refractivity contribution < 1.29 is 9.53 Å². The van der Waals surface area contributed by atoms with Gasteiger partial charge in [-0.2, -0.15) is 0 Å². The fourth-order valence-electron chi connectivity index (χ4n) is 2.17. The molecule has 0 saturated heterocycles. The van der Waals surface area contributed by atoms with Crippen LogP contribution in [0.15, 0.2) is 12.1 Å². The number of primary amides is 1. The number of nitrogens with one attached hydrogen (secondary N) is 1. The fraction of sp³-hybridized carbons (Fsp3) is 0.588. The van der Waals surface area contributed by atoms with Crippen LogP contribution in [0.5, 0.6) is 5.75 Å². The lowest BCUT2D eigenvalue weighted by molar-refractivity contribution is -0.122. The monoisotopic (exact) mass is 292 g/mol. The maximum atomic E-state index is 11.1. The number of rotatable bonds is 8. The Morgan fingerprint density at radius 2 is 1.81 bits per heavy atom. The minimum atomic E-state index is -0.334. The molecule has 0 aromatic heterocycles. The smallest absolute Gasteiger partial charge is 0.223 e. The third-order valence-electron chi connectivity index (χ3n) is 3.37. The van der Waals surface area contributed by atoms with E-state index < -0.39 is 0 Å². The number of hydrogen-bond acceptors (Lipinski definition) is 3. The molecule has 21 heavy (non-hydrogen) atoms. The van der Waals surface area contributed by atoms with Gasteiger partial charge < -0.3 is 15.8 Å². The van der Waals surface area contributed by atoms with Crippen molar-refractivity contribution in [3.63, 3.8) is 0 Å². The number of hydrogen-bond donors (Lipinski definition) is 2. The highest BCUT2D eigenvalue weighted by atomic mass is 16.5. The van der Waals surface area contributed by atoms with Crippen LogP contribution in [0.25, 0.3) is 0 Å². The van der Waals surface area contributed by atoms with Crippen molar-refractivity contribution in [2.24, 2.45) is 17.6 Å². The van der Waals surface area contributed by atoms with Gasteiger partial charge in [-0.25, -0.2) is 0 Å². The largest absolute Gasteiger partial charge is 0.492 e. The lowest BCUT2D eigenvalue weighted by atomic mass is 10.1. The first kappa shape index (κ1) is 17.5. The Hall–Kier alpha value is -1.55. The third kappa shape index (κ3) is 5.76. The summed E-state index contributed by atoms with van der Waals surface area (Å²) >= 11 is 0. The van der Waals surface area contributed by atoms with Crippen molar-refractivity contribution >= 4 is 5.91 Å². The average molecular weight is 292 g/mol. The van der Waals surface area contributed by atoms with E-state index in [4.69, 9.17) is 10.5 Å². The van der Waals surface area contributed by atoms with Crippen molar-refractivity contribution in [2.45, 2.75) is 41.2 Å². The molecule has 0 aliphatic rings. The third-order valence-corrected chi connectivity index (χ3v) is 3.37. The van der Waals surface area contributed by atoms with E-state index in [0.717, 1.165) is 30.0 Å². The van der Waals surface area contributed by atoms with Gasteiger partial charge in [0.2, 0.25) is 5.91 Å². The highest BCUT2D eigenvalue weighted by molar-refractivity contribution is 5.76. The van der Waals surface area contributed by atoms with Crippen LogP contribution in [0.4, 0.5) is 0 Å². The van der Waals surface area contributed by atoms with Crippen LogP contribution in [0, 0.1) is 25.7 Å². The summed E-state index contributed by atoms with van der Waals surface area (Å²) in [6, 6.07) is 4.26. The number of nitrogens with two attached hydrogens (primary N) is 1. The molecule has 1 aromatic carbocycles. The molecule has 0 aliphatic carbocycles. The number of carbonyl (C=O) groups is 1. The maximum Gasteiger partial charge on any atom is 0.223 e. The van der Waals surface area contributed by atoms with Crippen molar-refractivity contribution in [3.8, 4) is 5.75 Å². The second kappa shape index (κ2) is 8.03. The van der Waals surface area contributed by atoms with Crippen LogP contribution in [0.3, 0.4) is 0 Å². The summed E-state index contributed by atoms with van der Waals surface area (Å²) in [7, 11) is 0. The van der Waals surface area contributed by atoms with E-state index in [1.54, 1.807) is 6.92 Å². The number of carbonyl (C=O) groups excluding carboxylic acids is 1. The molecular formula is C17H28N2O2. The van der Waals surface area contributed by atoms with Gasteiger partial charge in [0.05, 0.1) is 12.5 Å². The fourth-order valence-corrected chi connectivity index (χ4v) is 2.17. The second-order valence-electron chi connectivity index (χ2n) is 6.20. The summed E-state index contributed by atoms with van der Waals surface area (Å²) in [5.41, 5.74) is 8.68. The van der Waals surface area contributed by atoms with Crippen molar-refractivity contribution in [1.29, 1.82) is 0 Å². The zero-order valence-corrected chi connectivity index (χ0v) is 13.8. The zero-order valence-electron chi connectivity index (χ0n) is 13.8. The van der Waals surface area contributed by atoms with E-state index in [1.165, 1.54) is 5.56 Å². The molecule has 0 aliphatic heterocycles. The van der Waals surface area contributed by atoms with Gasteiger partial charge in [0.1, 0.15) is 5.75 Å². The zero-order chi connectivity index (χ0) is 16.0.